The Balaban J connectivity index is 1.87. The molecule has 0 heterocycles. The molecule has 1 amide bonds. The first-order valence-corrected chi connectivity index (χ1v) is 10.9. The lowest BCUT2D eigenvalue weighted by atomic mass is 10.2. The molecule has 0 atom stereocenters. The van der Waals surface area contributed by atoms with Crippen LogP contribution in [0.5, 0.6) is 5.75 Å². The van der Waals surface area contributed by atoms with E-state index in [2.05, 4.69) is 27.9 Å². The number of nitrogens with one attached hydrogen (secondary N) is 1. The molecule has 0 fully saturated rings. The van der Waals surface area contributed by atoms with Crippen molar-refractivity contribution in [1.82, 2.24) is 5.32 Å². The Morgan fingerprint density at radius 1 is 1.12 bits per heavy atom. The normalized spacial score (nSPS) is 11.0. The van der Waals surface area contributed by atoms with Crippen LogP contribution in [0.1, 0.15) is 5.56 Å². The summed E-state index contributed by atoms with van der Waals surface area (Å²) in [6.07, 6.45) is 1.08. The molecule has 6 nitrogen and oxygen atoms in total. The van der Waals surface area contributed by atoms with Crippen LogP contribution in [0.15, 0.2) is 48.5 Å². The fourth-order valence-electron chi connectivity index (χ4n) is 2.19. The van der Waals surface area contributed by atoms with Crippen LogP contribution in [0.3, 0.4) is 0 Å². The number of amides is 1. The van der Waals surface area contributed by atoms with Gasteiger partial charge in [-0.05, 0) is 65.9 Å². The van der Waals surface area contributed by atoms with E-state index in [1.807, 2.05) is 31.2 Å². The first-order valence-electron chi connectivity index (χ1n) is 7.95. The van der Waals surface area contributed by atoms with E-state index < -0.39 is 10.0 Å². The van der Waals surface area contributed by atoms with Crippen molar-refractivity contribution >= 4 is 44.2 Å². The average molecular weight is 488 g/mol. The summed E-state index contributed by atoms with van der Waals surface area (Å²) in [5.74, 6) is 0.336. The lowest BCUT2D eigenvalue weighted by Gasteiger charge is -2.22. The monoisotopic (exact) mass is 488 g/mol. The first-order chi connectivity index (χ1) is 12.3. The number of hydrogen-bond acceptors (Lipinski definition) is 4. The molecule has 2 rings (SSSR count). The summed E-state index contributed by atoms with van der Waals surface area (Å²) in [7, 11) is -3.56. The molecule has 0 aliphatic rings. The second-order valence-corrected chi connectivity index (χ2v) is 8.91. The molecule has 0 aliphatic heterocycles. The second-order valence-electron chi connectivity index (χ2n) is 5.76. The molecule has 0 aromatic heterocycles. The van der Waals surface area contributed by atoms with Gasteiger partial charge in [0.25, 0.3) is 0 Å². The Hall–Kier alpha value is -1.81. The van der Waals surface area contributed by atoms with Gasteiger partial charge in [-0.3, -0.25) is 9.10 Å². The lowest BCUT2D eigenvalue weighted by Crippen LogP contribution is -2.41. The third-order valence-electron chi connectivity index (χ3n) is 3.52. The van der Waals surface area contributed by atoms with Crippen molar-refractivity contribution in [3.8, 4) is 5.75 Å². The predicted octanol–water partition coefficient (Wildman–Crippen LogP) is 2.56. The third-order valence-corrected chi connectivity index (χ3v) is 5.38. The first kappa shape index (κ1) is 20.5. The topological polar surface area (TPSA) is 75.7 Å². The van der Waals surface area contributed by atoms with E-state index in [4.69, 9.17) is 4.74 Å². The van der Waals surface area contributed by atoms with Gasteiger partial charge in [-0.25, -0.2) is 8.42 Å². The number of aryl methyl sites for hydroxylation is 1. The molecular formula is C18H21IN2O4S. The highest BCUT2D eigenvalue weighted by Crippen LogP contribution is 2.18. The van der Waals surface area contributed by atoms with Crippen LogP contribution in [0.25, 0.3) is 0 Å². The Morgan fingerprint density at radius 3 is 2.31 bits per heavy atom. The quantitative estimate of drug-likeness (QED) is 0.458. The Kier molecular flexibility index (Phi) is 7.27. The zero-order valence-electron chi connectivity index (χ0n) is 14.6. The van der Waals surface area contributed by atoms with Crippen LogP contribution in [0.4, 0.5) is 5.69 Å². The van der Waals surface area contributed by atoms with Gasteiger partial charge >= 0.3 is 0 Å². The van der Waals surface area contributed by atoms with Gasteiger partial charge < -0.3 is 10.1 Å². The Labute approximate surface area is 167 Å². The maximum atomic E-state index is 12.1. The molecule has 0 bridgehead atoms. The summed E-state index contributed by atoms with van der Waals surface area (Å²) in [6, 6.07) is 14.5. The molecule has 0 saturated heterocycles. The molecule has 0 aliphatic carbocycles. The van der Waals surface area contributed by atoms with Crippen LogP contribution < -0.4 is 14.4 Å². The highest BCUT2D eigenvalue weighted by atomic mass is 127. The smallest absolute Gasteiger partial charge is 0.240 e. The van der Waals surface area contributed by atoms with Crippen LogP contribution in [-0.4, -0.2) is 40.3 Å². The summed E-state index contributed by atoms with van der Waals surface area (Å²) in [4.78, 5) is 12.1. The number of sulfonamides is 1. The van der Waals surface area contributed by atoms with Gasteiger partial charge in [0.2, 0.25) is 15.9 Å². The largest absolute Gasteiger partial charge is 0.492 e. The molecule has 2 aromatic rings. The van der Waals surface area contributed by atoms with Crippen molar-refractivity contribution in [2.24, 2.45) is 0 Å². The number of halogens is 1. The highest BCUT2D eigenvalue weighted by molar-refractivity contribution is 14.1. The fraction of sp³-hybridized carbons (Fsp3) is 0.278. The maximum Gasteiger partial charge on any atom is 0.240 e. The minimum Gasteiger partial charge on any atom is -0.492 e. The molecule has 0 radical (unpaired) electrons. The minimum absolute atomic E-state index is 0.274. The van der Waals surface area contributed by atoms with E-state index in [0.29, 0.717) is 12.3 Å². The van der Waals surface area contributed by atoms with Gasteiger partial charge in [0.15, 0.2) is 0 Å². The van der Waals surface area contributed by atoms with Gasteiger partial charge in [-0.1, -0.05) is 17.7 Å². The summed E-state index contributed by atoms with van der Waals surface area (Å²) < 4.78 is 31.6. The van der Waals surface area contributed by atoms with Crippen LogP contribution in [0.2, 0.25) is 0 Å². The number of ether oxygens (including phenoxy) is 1. The molecule has 1 N–H and O–H groups in total. The number of carbonyl (C=O) groups excluding carboxylic acids is 1. The minimum atomic E-state index is -3.56. The van der Waals surface area contributed by atoms with E-state index in [1.54, 1.807) is 24.3 Å². The molecule has 140 valence electrons. The number of nitrogens with zero attached hydrogens (tertiary/aromatic N) is 1. The van der Waals surface area contributed by atoms with Gasteiger partial charge in [-0.15, -0.1) is 0 Å². The molecule has 0 spiro atoms. The van der Waals surface area contributed by atoms with E-state index in [-0.39, 0.29) is 19.0 Å². The van der Waals surface area contributed by atoms with E-state index in [0.717, 1.165) is 25.4 Å². The van der Waals surface area contributed by atoms with Crippen LogP contribution in [-0.2, 0) is 14.8 Å². The third kappa shape index (κ3) is 6.49. The number of benzene rings is 2. The number of rotatable bonds is 8. The molecule has 26 heavy (non-hydrogen) atoms. The standard InChI is InChI=1S/C18H21IN2O4S/c1-14-3-9-17(10-4-14)25-12-11-20-18(22)13-21(26(2,23)24)16-7-5-15(19)6-8-16/h3-10H,11-13H2,1-2H3,(H,20,22). The van der Waals surface area contributed by atoms with E-state index >= 15 is 0 Å². The summed E-state index contributed by atoms with van der Waals surface area (Å²) in [5, 5.41) is 2.68. The van der Waals surface area contributed by atoms with Gasteiger partial charge in [-0.2, -0.15) is 0 Å². The van der Waals surface area contributed by atoms with Gasteiger partial charge in [0.05, 0.1) is 18.5 Å². The van der Waals surface area contributed by atoms with Crippen molar-refractivity contribution in [2.75, 3.05) is 30.3 Å². The maximum absolute atomic E-state index is 12.1. The fourth-order valence-corrected chi connectivity index (χ4v) is 3.40. The van der Waals surface area contributed by atoms with E-state index in [9.17, 15) is 13.2 Å². The summed E-state index contributed by atoms with van der Waals surface area (Å²) in [5.41, 5.74) is 1.60. The Bertz CT molecular complexity index is 836. The number of anilines is 1. The van der Waals surface area contributed by atoms with Crippen molar-refractivity contribution in [1.29, 1.82) is 0 Å². The predicted molar refractivity (Wildman–Crippen MR) is 111 cm³/mol. The van der Waals surface area contributed by atoms with Crippen molar-refractivity contribution < 1.29 is 17.9 Å². The van der Waals surface area contributed by atoms with Crippen molar-refractivity contribution in [3.05, 3.63) is 57.7 Å². The molecule has 0 saturated carbocycles. The molecular weight excluding hydrogens is 467 g/mol. The Morgan fingerprint density at radius 2 is 1.73 bits per heavy atom. The van der Waals surface area contributed by atoms with E-state index in [1.165, 1.54) is 0 Å². The summed E-state index contributed by atoms with van der Waals surface area (Å²) in [6.45, 7) is 2.31. The average Bonchev–Trinajstić information content (AvgIpc) is 2.58. The summed E-state index contributed by atoms with van der Waals surface area (Å²) >= 11 is 2.13. The number of hydrogen-bond donors (Lipinski definition) is 1. The van der Waals surface area contributed by atoms with Gasteiger partial charge in [0, 0.05) is 3.57 Å². The SMILES string of the molecule is Cc1ccc(OCCNC(=O)CN(c2ccc(I)cc2)S(C)(=O)=O)cc1. The zero-order chi connectivity index (χ0) is 19.2. The van der Waals surface area contributed by atoms with Crippen molar-refractivity contribution in [2.45, 2.75) is 6.92 Å². The number of carbonyl (C=O) groups is 1. The molecule has 2 aromatic carbocycles. The van der Waals surface area contributed by atoms with Crippen molar-refractivity contribution in [3.63, 3.8) is 0 Å². The molecule has 0 unspecified atom stereocenters. The zero-order valence-corrected chi connectivity index (χ0v) is 17.6. The van der Waals surface area contributed by atoms with Crippen LogP contribution in [0, 0.1) is 10.5 Å². The highest BCUT2D eigenvalue weighted by Gasteiger charge is 2.20. The second kappa shape index (κ2) is 9.22. The van der Waals surface area contributed by atoms with Crippen LogP contribution >= 0.6 is 22.6 Å². The lowest BCUT2D eigenvalue weighted by molar-refractivity contribution is -0.119. The van der Waals surface area contributed by atoms with Gasteiger partial charge in [0.1, 0.15) is 18.9 Å². The molecule has 8 heteroatoms.